The standard InChI is InChI=1S/C19H25NO/c1-5-20-17(13-16-9-7-6-8-10-16)19-15(3)11-14(2)12-18(19)21-4/h6-12,17,20H,5,13H2,1-4H3. The van der Waals surface area contributed by atoms with Crippen molar-refractivity contribution in [2.24, 2.45) is 0 Å². The van der Waals surface area contributed by atoms with Gasteiger partial charge in [0.15, 0.2) is 0 Å². The molecule has 0 fully saturated rings. The fourth-order valence-electron chi connectivity index (χ4n) is 2.93. The van der Waals surface area contributed by atoms with Crippen molar-refractivity contribution >= 4 is 0 Å². The topological polar surface area (TPSA) is 21.3 Å². The predicted molar refractivity (Wildman–Crippen MR) is 89.0 cm³/mol. The Kier molecular flexibility index (Phi) is 5.40. The van der Waals surface area contributed by atoms with Crippen LogP contribution in [0, 0.1) is 13.8 Å². The third kappa shape index (κ3) is 3.85. The molecule has 0 spiro atoms. The molecule has 0 heterocycles. The van der Waals surface area contributed by atoms with E-state index in [9.17, 15) is 0 Å². The van der Waals surface area contributed by atoms with Crippen LogP contribution < -0.4 is 10.1 Å². The third-order valence-electron chi connectivity index (χ3n) is 3.79. The molecule has 2 rings (SSSR count). The summed E-state index contributed by atoms with van der Waals surface area (Å²) in [6, 6.07) is 15.2. The highest BCUT2D eigenvalue weighted by Crippen LogP contribution is 2.32. The van der Waals surface area contributed by atoms with E-state index in [0.29, 0.717) is 0 Å². The second kappa shape index (κ2) is 7.28. The minimum Gasteiger partial charge on any atom is -0.496 e. The van der Waals surface area contributed by atoms with Crippen molar-refractivity contribution in [3.8, 4) is 5.75 Å². The molecule has 2 aromatic carbocycles. The van der Waals surface area contributed by atoms with Gasteiger partial charge in [0.25, 0.3) is 0 Å². The number of ether oxygens (including phenoxy) is 1. The largest absolute Gasteiger partial charge is 0.496 e. The number of nitrogens with one attached hydrogen (secondary N) is 1. The lowest BCUT2D eigenvalue weighted by Crippen LogP contribution is -2.24. The van der Waals surface area contributed by atoms with Gasteiger partial charge < -0.3 is 10.1 Å². The van der Waals surface area contributed by atoms with E-state index >= 15 is 0 Å². The number of aryl methyl sites for hydroxylation is 2. The maximum absolute atomic E-state index is 5.63. The number of hydrogen-bond acceptors (Lipinski definition) is 2. The van der Waals surface area contributed by atoms with Crippen LogP contribution in [0.2, 0.25) is 0 Å². The first-order valence-corrected chi connectivity index (χ1v) is 7.58. The molecule has 0 aromatic heterocycles. The Hall–Kier alpha value is -1.80. The van der Waals surface area contributed by atoms with E-state index < -0.39 is 0 Å². The molecule has 0 amide bonds. The summed E-state index contributed by atoms with van der Waals surface area (Å²) < 4.78 is 5.63. The molecule has 2 nitrogen and oxygen atoms in total. The average Bonchev–Trinajstić information content (AvgIpc) is 2.47. The summed E-state index contributed by atoms with van der Waals surface area (Å²) in [4.78, 5) is 0. The van der Waals surface area contributed by atoms with Crippen LogP contribution in [0.25, 0.3) is 0 Å². The zero-order valence-electron chi connectivity index (χ0n) is 13.4. The molecule has 1 atom stereocenters. The second-order valence-electron chi connectivity index (χ2n) is 5.50. The van der Waals surface area contributed by atoms with Gasteiger partial charge in [-0.15, -0.1) is 0 Å². The smallest absolute Gasteiger partial charge is 0.124 e. The Balaban J connectivity index is 2.38. The average molecular weight is 283 g/mol. The summed E-state index contributed by atoms with van der Waals surface area (Å²) in [5.74, 6) is 0.981. The molecular formula is C19H25NO. The Morgan fingerprint density at radius 2 is 1.81 bits per heavy atom. The predicted octanol–water partition coefficient (Wildman–Crippen LogP) is 4.21. The monoisotopic (exact) mass is 283 g/mol. The zero-order chi connectivity index (χ0) is 15.2. The zero-order valence-corrected chi connectivity index (χ0v) is 13.4. The van der Waals surface area contributed by atoms with Gasteiger partial charge in [0, 0.05) is 11.6 Å². The molecule has 0 aliphatic carbocycles. The Morgan fingerprint density at radius 3 is 2.43 bits per heavy atom. The molecule has 0 radical (unpaired) electrons. The molecular weight excluding hydrogens is 258 g/mol. The van der Waals surface area contributed by atoms with Crippen LogP contribution in [0.5, 0.6) is 5.75 Å². The van der Waals surface area contributed by atoms with Gasteiger partial charge in [0.05, 0.1) is 7.11 Å². The van der Waals surface area contributed by atoms with Gasteiger partial charge in [-0.25, -0.2) is 0 Å². The van der Waals surface area contributed by atoms with Crippen molar-refractivity contribution in [2.75, 3.05) is 13.7 Å². The lowest BCUT2D eigenvalue weighted by atomic mass is 9.93. The minimum atomic E-state index is 0.271. The molecule has 0 saturated carbocycles. The summed E-state index contributed by atoms with van der Waals surface area (Å²) >= 11 is 0. The molecule has 1 N–H and O–H groups in total. The van der Waals surface area contributed by atoms with Gasteiger partial charge in [-0.05, 0) is 49.6 Å². The van der Waals surface area contributed by atoms with E-state index in [4.69, 9.17) is 4.74 Å². The quantitative estimate of drug-likeness (QED) is 0.857. The maximum Gasteiger partial charge on any atom is 0.124 e. The van der Waals surface area contributed by atoms with Crippen molar-refractivity contribution < 1.29 is 4.74 Å². The van der Waals surface area contributed by atoms with Crippen LogP contribution in [0.1, 0.15) is 35.2 Å². The SMILES string of the molecule is CCNC(Cc1ccccc1)c1c(C)cc(C)cc1OC. The lowest BCUT2D eigenvalue weighted by molar-refractivity contribution is 0.398. The van der Waals surface area contributed by atoms with E-state index in [1.54, 1.807) is 7.11 Å². The second-order valence-corrected chi connectivity index (χ2v) is 5.50. The van der Waals surface area contributed by atoms with Crippen LogP contribution in [-0.4, -0.2) is 13.7 Å². The highest BCUT2D eigenvalue weighted by atomic mass is 16.5. The normalized spacial score (nSPS) is 12.2. The van der Waals surface area contributed by atoms with E-state index in [1.807, 2.05) is 0 Å². The lowest BCUT2D eigenvalue weighted by Gasteiger charge is -2.23. The molecule has 0 bridgehead atoms. The Morgan fingerprint density at radius 1 is 1.10 bits per heavy atom. The van der Waals surface area contributed by atoms with Crippen LogP contribution in [0.4, 0.5) is 0 Å². The highest BCUT2D eigenvalue weighted by molar-refractivity contribution is 5.45. The van der Waals surface area contributed by atoms with Gasteiger partial charge >= 0.3 is 0 Å². The van der Waals surface area contributed by atoms with Crippen LogP contribution in [0.15, 0.2) is 42.5 Å². The molecule has 1 unspecified atom stereocenters. The maximum atomic E-state index is 5.63. The number of likely N-dealkylation sites (N-methyl/N-ethyl adjacent to an activating group) is 1. The fraction of sp³-hybridized carbons (Fsp3) is 0.368. The summed E-state index contributed by atoms with van der Waals surface area (Å²) in [6.45, 7) is 7.36. The Bertz CT molecular complexity index is 578. The molecule has 112 valence electrons. The van der Waals surface area contributed by atoms with Crippen LogP contribution in [-0.2, 0) is 6.42 Å². The third-order valence-corrected chi connectivity index (χ3v) is 3.79. The van der Waals surface area contributed by atoms with Crippen molar-refractivity contribution in [1.82, 2.24) is 5.32 Å². The first-order chi connectivity index (χ1) is 10.2. The number of rotatable bonds is 6. The van der Waals surface area contributed by atoms with E-state index in [1.165, 1.54) is 22.3 Å². The highest BCUT2D eigenvalue weighted by Gasteiger charge is 2.18. The van der Waals surface area contributed by atoms with Crippen LogP contribution in [0.3, 0.4) is 0 Å². The molecule has 2 aromatic rings. The minimum absolute atomic E-state index is 0.271. The summed E-state index contributed by atoms with van der Waals surface area (Å²) in [5, 5.41) is 3.60. The molecule has 21 heavy (non-hydrogen) atoms. The summed E-state index contributed by atoms with van der Waals surface area (Å²) in [7, 11) is 1.75. The van der Waals surface area contributed by atoms with E-state index in [-0.39, 0.29) is 6.04 Å². The molecule has 0 saturated heterocycles. The van der Waals surface area contributed by atoms with Crippen molar-refractivity contribution in [3.05, 3.63) is 64.7 Å². The molecule has 0 aliphatic rings. The van der Waals surface area contributed by atoms with Gasteiger partial charge in [-0.1, -0.05) is 43.3 Å². The van der Waals surface area contributed by atoms with E-state index in [0.717, 1.165) is 18.7 Å². The summed E-state index contributed by atoms with van der Waals surface area (Å²) in [5.41, 5.74) is 5.14. The Labute approximate surface area is 128 Å². The van der Waals surface area contributed by atoms with Gasteiger partial charge in [0.2, 0.25) is 0 Å². The number of hydrogen-bond donors (Lipinski definition) is 1. The summed E-state index contributed by atoms with van der Waals surface area (Å²) in [6.07, 6.45) is 0.967. The first-order valence-electron chi connectivity index (χ1n) is 7.58. The van der Waals surface area contributed by atoms with E-state index in [2.05, 4.69) is 68.6 Å². The molecule has 0 aliphatic heterocycles. The number of methoxy groups -OCH3 is 1. The van der Waals surface area contributed by atoms with Gasteiger partial charge in [-0.2, -0.15) is 0 Å². The van der Waals surface area contributed by atoms with Crippen LogP contribution >= 0.6 is 0 Å². The van der Waals surface area contributed by atoms with Crippen molar-refractivity contribution in [3.63, 3.8) is 0 Å². The van der Waals surface area contributed by atoms with Crippen molar-refractivity contribution in [1.29, 1.82) is 0 Å². The van der Waals surface area contributed by atoms with Gasteiger partial charge in [-0.3, -0.25) is 0 Å². The first kappa shape index (κ1) is 15.6. The van der Waals surface area contributed by atoms with Gasteiger partial charge in [0.1, 0.15) is 5.75 Å². The number of benzene rings is 2. The van der Waals surface area contributed by atoms with Crippen molar-refractivity contribution in [2.45, 2.75) is 33.2 Å². The molecule has 2 heteroatoms. The fourth-order valence-corrected chi connectivity index (χ4v) is 2.93.